The molecule has 180 valence electrons. The Morgan fingerprint density at radius 1 is 1.14 bits per heavy atom. The molecular weight excluding hydrogens is 442 g/mol. The van der Waals surface area contributed by atoms with Gasteiger partial charge in [0.15, 0.2) is 0 Å². The lowest BCUT2D eigenvalue weighted by Crippen LogP contribution is -2.41. The Morgan fingerprint density at radius 3 is 2.40 bits per heavy atom. The van der Waals surface area contributed by atoms with Gasteiger partial charge in [-0.05, 0) is 48.9 Å². The maximum Gasteiger partial charge on any atom is 0.311 e. The van der Waals surface area contributed by atoms with Crippen molar-refractivity contribution in [2.75, 3.05) is 12.4 Å². The van der Waals surface area contributed by atoms with E-state index in [1.54, 1.807) is 10.9 Å². The quantitative estimate of drug-likeness (QED) is 0.478. The zero-order valence-electron chi connectivity index (χ0n) is 19.7. The summed E-state index contributed by atoms with van der Waals surface area (Å²) in [4.78, 5) is 23.7. The maximum atomic E-state index is 12.0. The highest BCUT2D eigenvalue weighted by molar-refractivity contribution is 5.94. The van der Waals surface area contributed by atoms with E-state index in [9.17, 15) is 14.9 Å². The van der Waals surface area contributed by atoms with E-state index in [1.165, 1.54) is 18.2 Å². The van der Waals surface area contributed by atoms with Crippen LogP contribution in [0.4, 0.5) is 5.69 Å². The van der Waals surface area contributed by atoms with Gasteiger partial charge in [-0.15, -0.1) is 0 Å². The number of carbonyl (C=O) groups is 2. The van der Waals surface area contributed by atoms with Crippen molar-refractivity contribution in [2.45, 2.75) is 50.1 Å². The molecule has 1 aliphatic rings. The third-order valence-corrected chi connectivity index (χ3v) is 6.77. The van der Waals surface area contributed by atoms with Gasteiger partial charge in [0.25, 0.3) is 5.91 Å². The minimum Gasteiger partial charge on any atom is -0.469 e. The average molecular weight is 472 g/mol. The Labute approximate surface area is 204 Å². The monoisotopic (exact) mass is 471 g/mol. The number of esters is 1. The van der Waals surface area contributed by atoms with Crippen LogP contribution in [0.25, 0.3) is 11.1 Å². The summed E-state index contributed by atoms with van der Waals surface area (Å²) < 4.78 is 6.40. The van der Waals surface area contributed by atoms with Crippen molar-refractivity contribution >= 4 is 17.6 Å². The molecule has 0 spiro atoms. The van der Waals surface area contributed by atoms with E-state index in [2.05, 4.69) is 52.9 Å². The number of nitrogens with two attached hydrogens (primary N) is 1. The molecule has 8 heteroatoms. The summed E-state index contributed by atoms with van der Waals surface area (Å²) in [6.45, 7) is 0. The van der Waals surface area contributed by atoms with Gasteiger partial charge in [-0.25, -0.2) is 0 Å². The Bertz CT molecular complexity index is 1220. The van der Waals surface area contributed by atoms with E-state index in [4.69, 9.17) is 10.5 Å². The number of ether oxygens (including phenoxy) is 1. The summed E-state index contributed by atoms with van der Waals surface area (Å²) >= 11 is 0. The van der Waals surface area contributed by atoms with E-state index in [0.29, 0.717) is 12.8 Å². The van der Waals surface area contributed by atoms with Crippen LogP contribution in [0.15, 0.2) is 60.8 Å². The van der Waals surface area contributed by atoms with Crippen molar-refractivity contribution < 1.29 is 14.3 Å². The SMILES string of the molecule is COC(=O)Cc1nn(C2(CC#N)CCC(Nc3ccc(-c4ccccc4)cc3)CC2)cc1C(N)=O. The van der Waals surface area contributed by atoms with Crippen molar-refractivity contribution in [3.63, 3.8) is 0 Å². The summed E-state index contributed by atoms with van der Waals surface area (Å²) in [5, 5.41) is 17.7. The normalized spacial score (nSPS) is 19.5. The lowest BCUT2D eigenvalue weighted by molar-refractivity contribution is -0.139. The predicted molar refractivity (Wildman–Crippen MR) is 132 cm³/mol. The fourth-order valence-corrected chi connectivity index (χ4v) is 4.76. The van der Waals surface area contributed by atoms with E-state index >= 15 is 0 Å². The Balaban J connectivity index is 1.46. The molecule has 8 nitrogen and oxygen atoms in total. The molecule has 0 saturated heterocycles. The first-order valence-electron chi connectivity index (χ1n) is 11.7. The van der Waals surface area contributed by atoms with Gasteiger partial charge in [-0.3, -0.25) is 14.3 Å². The van der Waals surface area contributed by atoms with E-state index in [1.807, 2.05) is 18.2 Å². The molecule has 1 heterocycles. The topological polar surface area (TPSA) is 123 Å². The number of nitriles is 1. The number of nitrogens with zero attached hydrogens (tertiary/aromatic N) is 3. The number of rotatable bonds is 8. The molecule has 0 bridgehead atoms. The Hall–Kier alpha value is -4.12. The summed E-state index contributed by atoms with van der Waals surface area (Å²) in [6, 6.07) is 21.2. The molecular formula is C27H29N5O3. The Kier molecular flexibility index (Phi) is 7.16. The van der Waals surface area contributed by atoms with E-state index in [0.717, 1.165) is 18.5 Å². The van der Waals surface area contributed by atoms with Crippen LogP contribution < -0.4 is 11.1 Å². The number of hydrogen-bond donors (Lipinski definition) is 2. The zero-order chi connectivity index (χ0) is 24.8. The van der Waals surface area contributed by atoms with Crippen LogP contribution in [0.1, 0.15) is 48.2 Å². The smallest absolute Gasteiger partial charge is 0.311 e. The fraction of sp³-hybridized carbons (Fsp3) is 0.333. The van der Waals surface area contributed by atoms with Gasteiger partial charge in [-0.1, -0.05) is 42.5 Å². The van der Waals surface area contributed by atoms with Gasteiger partial charge in [0.1, 0.15) is 0 Å². The Morgan fingerprint density at radius 2 is 1.80 bits per heavy atom. The lowest BCUT2D eigenvalue weighted by Gasteiger charge is -2.39. The van der Waals surface area contributed by atoms with Crippen molar-refractivity contribution in [3.8, 4) is 17.2 Å². The summed E-state index contributed by atoms with van der Waals surface area (Å²) in [5.74, 6) is -1.16. The highest BCUT2D eigenvalue weighted by Crippen LogP contribution is 2.39. The largest absolute Gasteiger partial charge is 0.469 e. The van der Waals surface area contributed by atoms with Gasteiger partial charge in [0.2, 0.25) is 0 Å². The van der Waals surface area contributed by atoms with Crippen LogP contribution in [-0.4, -0.2) is 34.8 Å². The third-order valence-electron chi connectivity index (χ3n) is 6.77. The molecule has 3 aromatic rings. The number of hydrogen-bond acceptors (Lipinski definition) is 6. The standard InChI is InChI=1S/C27H29N5O3/c1-35-25(33)17-24-23(26(29)34)18-32(31-24)27(15-16-28)13-11-22(12-14-27)30-21-9-7-20(8-10-21)19-5-3-2-4-6-19/h2-10,18,22,30H,11-15,17H2,1H3,(H2,29,34). The van der Waals surface area contributed by atoms with Crippen molar-refractivity contribution in [1.29, 1.82) is 5.26 Å². The number of nitrogens with one attached hydrogen (secondary N) is 1. The minimum atomic E-state index is -0.656. The molecule has 1 fully saturated rings. The molecule has 0 aliphatic heterocycles. The van der Waals surface area contributed by atoms with Crippen LogP contribution in [0.5, 0.6) is 0 Å². The van der Waals surface area contributed by atoms with Crippen LogP contribution in [0, 0.1) is 11.3 Å². The van der Waals surface area contributed by atoms with E-state index in [-0.39, 0.29) is 30.1 Å². The average Bonchev–Trinajstić information content (AvgIpc) is 3.31. The molecule has 4 rings (SSSR count). The number of carbonyl (C=O) groups excluding carboxylic acids is 2. The fourth-order valence-electron chi connectivity index (χ4n) is 4.76. The van der Waals surface area contributed by atoms with Crippen molar-refractivity contribution in [2.24, 2.45) is 5.73 Å². The highest BCUT2D eigenvalue weighted by Gasteiger charge is 2.39. The molecule has 0 atom stereocenters. The summed E-state index contributed by atoms with van der Waals surface area (Å²) in [7, 11) is 1.28. The molecule has 1 saturated carbocycles. The number of primary amides is 1. The van der Waals surface area contributed by atoms with Gasteiger partial charge in [0.05, 0.1) is 42.8 Å². The number of amides is 1. The van der Waals surface area contributed by atoms with Gasteiger partial charge < -0.3 is 15.8 Å². The number of aromatic nitrogens is 2. The van der Waals surface area contributed by atoms with Gasteiger partial charge >= 0.3 is 5.97 Å². The van der Waals surface area contributed by atoms with Gasteiger partial charge in [0, 0.05) is 17.9 Å². The lowest BCUT2D eigenvalue weighted by atomic mass is 9.77. The zero-order valence-corrected chi connectivity index (χ0v) is 19.7. The first-order valence-corrected chi connectivity index (χ1v) is 11.7. The second-order valence-electron chi connectivity index (χ2n) is 8.97. The maximum absolute atomic E-state index is 12.0. The molecule has 0 radical (unpaired) electrons. The molecule has 1 aromatic heterocycles. The van der Waals surface area contributed by atoms with Crippen LogP contribution in [-0.2, 0) is 21.5 Å². The second kappa shape index (κ2) is 10.4. The predicted octanol–water partition coefficient (Wildman–Crippen LogP) is 4.03. The first-order chi connectivity index (χ1) is 16.9. The number of anilines is 1. The van der Waals surface area contributed by atoms with Crippen LogP contribution >= 0.6 is 0 Å². The second-order valence-corrected chi connectivity index (χ2v) is 8.97. The number of benzene rings is 2. The van der Waals surface area contributed by atoms with Crippen LogP contribution in [0.2, 0.25) is 0 Å². The molecule has 35 heavy (non-hydrogen) atoms. The van der Waals surface area contributed by atoms with E-state index < -0.39 is 17.4 Å². The first kappa shape index (κ1) is 24.0. The molecule has 1 amide bonds. The minimum absolute atomic E-state index is 0.145. The molecule has 1 aliphatic carbocycles. The van der Waals surface area contributed by atoms with Crippen LogP contribution in [0.3, 0.4) is 0 Å². The van der Waals surface area contributed by atoms with Gasteiger partial charge in [-0.2, -0.15) is 10.4 Å². The van der Waals surface area contributed by atoms with Crippen molar-refractivity contribution in [3.05, 3.63) is 72.1 Å². The number of methoxy groups -OCH3 is 1. The third kappa shape index (κ3) is 5.35. The van der Waals surface area contributed by atoms with Crippen molar-refractivity contribution in [1.82, 2.24) is 9.78 Å². The summed E-state index contributed by atoms with van der Waals surface area (Å²) in [5.41, 5.74) is 8.84. The summed E-state index contributed by atoms with van der Waals surface area (Å²) in [6.07, 6.45) is 4.76. The molecule has 0 unspecified atom stereocenters. The molecule has 3 N–H and O–H groups in total. The highest BCUT2D eigenvalue weighted by atomic mass is 16.5. The molecule has 2 aromatic carbocycles.